The van der Waals surface area contributed by atoms with E-state index in [0.29, 0.717) is 11.5 Å². The smallest absolute Gasteiger partial charge is 0.263 e. The van der Waals surface area contributed by atoms with E-state index in [0.717, 1.165) is 18.4 Å². The first-order chi connectivity index (χ1) is 12.1. The van der Waals surface area contributed by atoms with Crippen LogP contribution in [0.4, 0.5) is 0 Å². The lowest BCUT2D eigenvalue weighted by Gasteiger charge is -2.18. The Morgan fingerprint density at radius 1 is 1.16 bits per heavy atom. The predicted molar refractivity (Wildman–Crippen MR) is 97.3 cm³/mol. The van der Waals surface area contributed by atoms with Crippen molar-refractivity contribution in [3.8, 4) is 11.5 Å². The van der Waals surface area contributed by atoms with E-state index in [9.17, 15) is 4.79 Å². The van der Waals surface area contributed by atoms with Gasteiger partial charge in [0.1, 0.15) is 0 Å². The van der Waals surface area contributed by atoms with Crippen molar-refractivity contribution in [2.45, 2.75) is 57.6 Å². The lowest BCUT2D eigenvalue weighted by molar-refractivity contribution is -0.132. The summed E-state index contributed by atoms with van der Waals surface area (Å²) in [5, 5.41) is 6.99. The van der Waals surface area contributed by atoms with Gasteiger partial charge in [-0.15, -0.1) is 0 Å². The first kappa shape index (κ1) is 19.1. The molecule has 1 atom stereocenters. The standard InChI is InChI=1S/C19H28N2O4/c1-14(19(22)21-16-8-6-4-5-7-9-16)25-20-13-15-10-11-17(23-2)18(12-15)24-3/h10-14,16H,4-9H2,1-3H3,(H,21,22). The number of oxime groups is 1. The third kappa shape index (κ3) is 5.96. The van der Waals surface area contributed by atoms with Crippen LogP contribution < -0.4 is 14.8 Å². The van der Waals surface area contributed by atoms with Gasteiger partial charge in [-0.05, 0) is 38.0 Å². The van der Waals surface area contributed by atoms with Crippen LogP contribution in [-0.2, 0) is 9.63 Å². The van der Waals surface area contributed by atoms with Gasteiger partial charge in [-0.3, -0.25) is 4.79 Å². The zero-order valence-corrected chi connectivity index (χ0v) is 15.3. The van der Waals surface area contributed by atoms with Crippen molar-refractivity contribution in [1.29, 1.82) is 0 Å². The number of rotatable bonds is 7. The fraction of sp³-hybridized carbons (Fsp3) is 0.579. The third-order valence-corrected chi connectivity index (χ3v) is 4.40. The molecular formula is C19H28N2O4. The van der Waals surface area contributed by atoms with Gasteiger partial charge in [-0.1, -0.05) is 30.8 Å². The monoisotopic (exact) mass is 348 g/mol. The predicted octanol–water partition coefficient (Wildman–Crippen LogP) is 3.28. The van der Waals surface area contributed by atoms with Crippen molar-refractivity contribution in [3.63, 3.8) is 0 Å². The molecule has 25 heavy (non-hydrogen) atoms. The average molecular weight is 348 g/mol. The second-order valence-electron chi connectivity index (χ2n) is 6.29. The van der Waals surface area contributed by atoms with E-state index in [-0.39, 0.29) is 11.9 Å². The summed E-state index contributed by atoms with van der Waals surface area (Å²) in [6, 6.07) is 5.69. The Labute approximate surface area is 149 Å². The Balaban J connectivity index is 1.84. The summed E-state index contributed by atoms with van der Waals surface area (Å²) >= 11 is 0. The van der Waals surface area contributed by atoms with Crippen LogP contribution in [0.3, 0.4) is 0 Å². The highest BCUT2D eigenvalue weighted by Gasteiger charge is 2.19. The van der Waals surface area contributed by atoms with Crippen LogP contribution in [0.15, 0.2) is 23.4 Å². The minimum absolute atomic E-state index is 0.114. The van der Waals surface area contributed by atoms with Gasteiger partial charge in [-0.2, -0.15) is 0 Å². The molecule has 1 aromatic rings. The number of carbonyl (C=O) groups excluding carboxylic acids is 1. The molecule has 0 aliphatic heterocycles. The fourth-order valence-electron chi connectivity index (χ4n) is 2.91. The quantitative estimate of drug-likeness (QED) is 0.466. The van der Waals surface area contributed by atoms with E-state index in [4.69, 9.17) is 14.3 Å². The number of amides is 1. The lowest BCUT2D eigenvalue weighted by Crippen LogP contribution is -2.40. The van der Waals surface area contributed by atoms with Gasteiger partial charge in [0.25, 0.3) is 5.91 Å². The van der Waals surface area contributed by atoms with Crippen LogP contribution in [0.25, 0.3) is 0 Å². The number of ether oxygens (including phenoxy) is 2. The molecule has 1 fully saturated rings. The summed E-state index contributed by atoms with van der Waals surface area (Å²) in [7, 11) is 3.17. The fourth-order valence-corrected chi connectivity index (χ4v) is 2.91. The van der Waals surface area contributed by atoms with Crippen molar-refractivity contribution >= 4 is 12.1 Å². The molecule has 1 saturated carbocycles. The Kier molecular flexibility index (Phi) is 7.57. The van der Waals surface area contributed by atoms with E-state index in [1.54, 1.807) is 39.5 Å². The molecule has 0 heterocycles. The molecule has 0 bridgehead atoms. The molecule has 1 unspecified atom stereocenters. The normalized spacial score (nSPS) is 16.9. The Hall–Kier alpha value is -2.24. The number of hydrogen-bond donors (Lipinski definition) is 1. The van der Waals surface area contributed by atoms with Crippen LogP contribution in [0.5, 0.6) is 11.5 Å². The maximum Gasteiger partial charge on any atom is 0.263 e. The molecule has 6 nitrogen and oxygen atoms in total. The summed E-state index contributed by atoms with van der Waals surface area (Å²) < 4.78 is 10.4. The molecule has 138 valence electrons. The van der Waals surface area contributed by atoms with Crippen LogP contribution >= 0.6 is 0 Å². The zero-order chi connectivity index (χ0) is 18.1. The number of nitrogens with zero attached hydrogens (tertiary/aromatic N) is 1. The minimum atomic E-state index is -0.625. The van der Waals surface area contributed by atoms with Gasteiger partial charge in [0.05, 0.1) is 20.4 Å². The third-order valence-electron chi connectivity index (χ3n) is 4.40. The highest BCUT2D eigenvalue weighted by Crippen LogP contribution is 2.26. The van der Waals surface area contributed by atoms with E-state index in [1.165, 1.54) is 25.7 Å². The molecular weight excluding hydrogens is 320 g/mol. The molecule has 1 aliphatic carbocycles. The first-order valence-corrected chi connectivity index (χ1v) is 8.85. The molecule has 0 radical (unpaired) electrons. The summed E-state index contributed by atoms with van der Waals surface area (Å²) in [6.45, 7) is 1.71. The van der Waals surface area contributed by atoms with Crippen LogP contribution in [0.1, 0.15) is 51.0 Å². The summed E-state index contributed by atoms with van der Waals surface area (Å²) in [5.74, 6) is 1.15. The van der Waals surface area contributed by atoms with E-state index in [1.807, 2.05) is 6.07 Å². The van der Waals surface area contributed by atoms with Crippen molar-refractivity contribution < 1.29 is 19.1 Å². The van der Waals surface area contributed by atoms with Crippen LogP contribution in [-0.4, -0.2) is 38.5 Å². The van der Waals surface area contributed by atoms with Crippen molar-refractivity contribution in [3.05, 3.63) is 23.8 Å². The molecule has 1 aromatic carbocycles. The van der Waals surface area contributed by atoms with Gasteiger partial charge in [-0.25, -0.2) is 0 Å². The summed E-state index contributed by atoms with van der Waals surface area (Å²) in [4.78, 5) is 17.5. The van der Waals surface area contributed by atoms with E-state index < -0.39 is 6.10 Å². The highest BCUT2D eigenvalue weighted by molar-refractivity contribution is 5.82. The van der Waals surface area contributed by atoms with Crippen molar-refractivity contribution in [2.24, 2.45) is 5.16 Å². The van der Waals surface area contributed by atoms with Gasteiger partial charge < -0.3 is 19.6 Å². The van der Waals surface area contributed by atoms with Crippen LogP contribution in [0.2, 0.25) is 0 Å². The van der Waals surface area contributed by atoms with Crippen molar-refractivity contribution in [1.82, 2.24) is 5.32 Å². The topological polar surface area (TPSA) is 69.2 Å². The SMILES string of the molecule is COc1ccc(C=NOC(C)C(=O)NC2CCCCCC2)cc1OC. The molecule has 0 aromatic heterocycles. The summed E-state index contributed by atoms with van der Waals surface area (Å²) in [5.41, 5.74) is 0.800. The molecule has 2 rings (SSSR count). The average Bonchev–Trinajstić information content (AvgIpc) is 2.90. The minimum Gasteiger partial charge on any atom is -0.493 e. The molecule has 0 spiro atoms. The van der Waals surface area contributed by atoms with Gasteiger partial charge in [0, 0.05) is 11.6 Å². The Bertz CT molecular complexity index is 581. The highest BCUT2D eigenvalue weighted by atomic mass is 16.6. The maximum atomic E-state index is 12.2. The number of nitrogens with one attached hydrogen (secondary N) is 1. The maximum absolute atomic E-state index is 12.2. The van der Waals surface area contributed by atoms with Crippen molar-refractivity contribution in [2.75, 3.05) is 14.2 Å². The second kappa shape index (κ2) is 9.91. The van der Waals surface area contributed by atoms with E-state index >= 15 is 0 Å². The zero-order valence-electron chi connectivity index (χ0n) is 15.3. The molecule has 1 amide bonds. The van der Waals surface area contributed by atoms with Crippen LogP contribution in [0, 0.1) is 0 Å². The number of benzene rings is 1. The van der Waals surface area contributed by atoms with E-state index in [2.05, 4.69) is 10.5 Å². The first-order valence-electron chi connectivity index (χ1n) is 8.85. The molecule has 1 N–H and O–H groups in total. The number of carbonyl (C=O) groups is 1. The summed E-state index contributed by atoms with van der Waals surface area (Å²) in [6.07, 6.45) is 7.90. The Morgan fingerprint density at radius 2 is 1.84 bits per heavy atom. The second-order valence-corrected chi connectivity index (χ2v) is 6.29. The lowest BCUT2D eigenvalue weighted by atomic mass is 10.1. The number of hydrogen-bond acceptors (Lipinski definition) is 5. The number of methoxy groups -OCH3 is 2. The van der Waals surface area contributed by atoms with Gasteiger partial charge in [0.15, 0.2) is 11.5 Å². The largest absolute Gasteiger partial charge is 0.493 e. The van der Waals surface area contributed by atoms with Gasteiger partial charge >= 0.3 is 0 Å². The molecule has 6 heteroatoms. The molecule has 0 saturated heterocycles. The Morgan fingerprint density at radius 3 is 2.48 bits per heavy atom. The molecule has 1 aliphatic rings. The van der Waals surface area contributed by atoms with Gasteiger partial charge in [0.2, 0.25) is 6.10 Å².